The molecule has 0 radical (unpaired) electrons. The number of nitrogens with zero attached hydrogens (tertiary/aromatic N) is 12. The van der Waals surface area contributed by atoms with E-state index in [4.69, 9.17) is 28.4 Å². The Morgan fingerprint density at radius 1 is 0.340 bits per heavy atom. The molecule has 0 aliphatic carbocycles. The molecule has 0 aliphatic heterocycles. The van der Waals surface area contributed by atoms with Crippen molar-refractivity contribution in [2.24, 2.45) is 12.5 Å². The highest BCUT2D eigenvalue weighted by atomic mass is 16.6. The van der Waals surface area contributed by atoms with Crippen molar-refractivity contribution in [2.45, 2.75) is 193 Å². The van der Waals surface area contributed by atoms with Crippen LogP contribution in [0.3, 0.4) is 0 Å². The second-order valence-corrected chi connectivity index (χ2v) is 32.2. The Bertz CT molecular complexity index is 6020. The van der Waals surface area contributed by atoms with Gasteiger partial charge < -0.3 is 88.6 Å². The lowest BCUT2D eigenvalue weighted by Gasteiger charge is -2.28. The molecule has 0 aliphatic rings. The monoisotopic (exact) mass is 1980 g/mol. The number of ether oxygens (including phenoxy) is 9. The summed E-state index contributed by atoms with van der Waals surface area (Å²) in [5.74, 6) is -3.00. The van der Waals surface area contributed by atoms with Crippen LogP contribution in [0.4, 0.5) is 0 Å². The minimum atomic E-state index is -1.61. The Morgan fingerprint density at radius 3 is 0.887 bits per heavy atom. The van der Waals surface area contributed by atoms with Crippen molar-refractivity contribution >= 4 is 35.8 Å². The number of methoxy groups -OCH3 is 1. The molecule has 772 valence electrons. The van der Waals surface area contributed by atoms with Gasteiger partial charge in [0.05, 0.1) is 109 Å². The van der Waals surface area contributed by atoms with Gasteiger partial charge in [-0.25, -0.2) is 132 Å². The van der Waals surface area contributed by atoms with Crippen LogP contribution in [0.1, 0.15) is 70.2 Å². The standard InChI is InChI=1S/C33H40O8.C22H29N3O11.C19H26N6O8.C19H29N3O9/c1-7-11-23-17-25(13-15-29(23)38-19-27(34)21-40-31(36)9-3)33(5,6)26-14-16-30(24(18-26)12-8-2)39-20-28(35)22-41-32(37)10-4;1-5-14(4)34-11-15(26)8-23-20(31)24(9-16(27)12-35-18(29)6-2)22(33)25(21(23)32)10-17(28)13-36-19(30)7-3;1-5-7-21-14(28)20(4)15(29)24(16(21)30)10-13(27)11-25-18(32)22(8-6-2)17(31)23(19(25)33)9-12(3)26;1-6-7-20-16(27)21(9-12(2)23)18(29)22(17(20)28)10-13(24)11-31-15(26)19(3,4)8-14(25)30-5/h7-10,13-18,27-28,34-35H,1-4,11-12,19-22H2,5-6H3;5-7,15-17,26-28H,1-4,8-13H2;5-6,12-13,26-27H,1-2,7-11H2,3-4H3;6,12-13,23-24H,1,7-11H2,2-5H3. The molecule has 0 spiro atoms. The lowest BCUT2D eigenvalue weighted by atomic mass is 9.76. The van der Waals surface area contributed by atoms with Gasteiger partial charge in [-0.15, -0.1) is 32.9 Å². The van der Waals surface area contributed by atoms with Crippen LogP contribution >= 0.6 is 0 Å². The highest BCUT2D eigenvalue weighted by Gasteiger charge is 2.35. The van der Waals surface area contributed by atoms with Crippen molar-refractivity contribution < 1.29 is 117 Å². The molecule has 6 rings (SSSR count). The van der Waals surface area contributed by atoms with Gasteiger partial charge in [-0.05, 0) is 81.0 Å². The number of aliphatic hydroxyl groups excluding tert-OH is 9. The summed E-state index contributed by atoms with van der Waals surface area (Å²) in [5, 5.41) is 90.7. The highest BCUT2D eigenvalue weighted by Crippen LogP contribution is 2.37. The fraction of sp³-hybridized carbons (Fsp3) is 0.441. The first-order chi connectivity index (χ1) is 66.3. The average molecular weight is 1990 g/mol. The summed E-state index contributed by atoms with van der Waals surface area (Å²) in [6.45, 7) is 40.0. The van der Waals surface area contributed by atoms with Crippen LogP contribution in [-0.4, -0.2) is 251 Å². The van der Waals surface area contributed by atoms with E-state index in [2.05, 4.69) is 113 Å². The minimum absolute atomic E-state index is 0.0466. The van der Waals surface area contributed by atoms with Gasteiger partial charge in [-0.1, -0.05) is 108 Å². The predicted molar refractivity (Wildman–Crippen MR) is 509 cm³/mol. The molecule has 0 bridgehead atoms. The Balaban J connectivity index is 0.000000486. The van der Waals surface area contributed by atoms with Gasteiger partial charge in [0.25, 0.3) is 0 Å². The molecule has 9 atom stereocenters. The average Bonchev–Trinajstić information content (AvgIpc) is 0.778. The number of hydrogen-bond donors (Lipinski definition) is 9. The molecular formula is C93H124N12O36. The van der Waals surface area contributed by atoms with Gasteiger partial charge in [0.1, 0.15) is 107 Å². The highest BCUT2D eigenvalue weighted by molar-refractivity contribution is 5.83. The molecule has 48 nitrogen and oxygen atoms in total. The second-order valence-electron chi connectivity index (χ2n) is 32.2. The van der Waals surface area contributed by atoms with Crippen LogP contribution < -0.4 is 77.8 Å². The Hall–Kier alpha value is -14.9. The maximum absolute atomic E-state index is 12.9. The zero-order chi connectivity index (χ0) is 107. The molecular weight excluding hydrogens is 1860 g/mol. The van der Waals surface area contributed by atoms with Crippen LogP contribution in [-0.2, 0) is 159 Å². The van der Waals surface area contributed by atoms with Crippen molar-refractivity contribution in [1.29, 1.82) is 0 Å². The topological polar surface area (TPSA) is 632 Å². The maximum Gasteiger partial charge on any atom is 0.336 e. The smallest absolute Gasteiger partial charge is 0.336 e. The van der Waals surface area contributed by atoms with E-state index in [1.807, 2.05) is 24.3 Å². The molecule has 48 heteroatoms. The molecule has 2 aromatic carbocycles. The number of rotatable bonds is 55. The second kappa shape index (κ2) is 58.1. The van der Waals surface area contributed by atoms with E-state index in [0.29, 0.717) is 70.0 Å². The molecule has 9 unspecified atom stereocenters. The largest absolute Gasteiger partial charge is 0.491 e. The van der Waals surface area contributed by atoms with E-state index in [9.17, 15) is 132 Å². The lowest BCUT2D eigenvalue weighted by molar-refractivity contribution is -0.162. The van der Waals surface area contributed by atoms with Gasteiger partial charge in [-0.2, -0.15) is 0 Å². The van der Waals surface area contributed by atoms with Gasteiger partial charge in [0.2, 0.25) is 0 Å². The van der Waals surface area contributed by atoms with Crippen molar-refractivity contribution in [3.05, 3.63) is 323 Å². The molecule has 4 aromatic heterocycles. The van der Waals surface area contributed by atoms with Crippen molar-refractivity contribution in [3.8, 4) is 11.5 Å². The summed E-state index contributed by atoms with van der Waals surface area (Å²) in [7, 11) is 2.33. The molecule has 9 N–H and O–H groups in total. The van der Waals surface area contributed by atoms with E-state index in [-0.39, 0.29) is 71.4 Å². The molecule has 0 saturated carbocycles. The number of aromatic nitrogens is 12. The van der Waals surface area contributed by atoms with E-state index in [1.54, 1.807) is 12.2 Å². The number of hydrogen-bond acceptors (Lipinski definition) is 36. The van der Waals surface area contributed by atoms with E-state index in [0.717, 1.165) is 62.7 Å². The van der Waals surface area contributed by atoms with Crippen LogP contribution in [0.2, 0.25) is 0 Å². The third-order valence-corrected chi connectivity index (χ3v) is 19.8. The van der Waals surface area contributed by atoms with Crippen LogP contribution in [0.25, 0.3) is 0 Å². The molecule has 0 saturated heterocycles. The molecule has 4 heterocycles. The number of aliphatic hydroxyl groups is 9. The van der Waals surface area contributed by atoms with Crippen LogP contribution in [0.5, 0.6) is 11.5 Å². The Labute approximate surface area is 805 Å². The number of carbonyl (C=O) groups is 6. The Morgan fingerprint density at radius 2 is 0.603 bits per heavy atom. The first kappa shape index (κ1) is 120. The zero-order valence-corrected chi connectivity index (χ0v) is 79.7. The normalized spacial score (nSPS) is 12.9. The van der Waals surface area contributed by atoms with Crippen LogP contribution in [0.15, 0.2) is 233 Å². The number of carbonyl (C=O) groups excluding carboxylic acids is 6. The number of esters is 6. The number of allylic oxidation sites excluding steroid dienone is 6. The first-order valence-electron chi connectivity index (χ1n) is 43.1. The summed E-state index contributed by atoms with van der Waals surface area (Å²) in [4.78, 5) is 220. The maximum atomic E-state index is 12.9. The SMILES string of the molecule is C=CC(=C)OCC(O)Cn1c(=O)n(CC(O)COC(=O)C=C)c(=O)n(CC(O)COC(=O)C=C)c1=O.C=CCc1cc(C(C)(C)c2ccc(OCC(O)COC(=O)C=C)c(CC=C)c2)ccc1OCC(O)COC(=O)C=C.C=CCn1c(=O)n(C)c(=O)n(CC(O)Cn2c(=O)n(CC=C)c(=O)n(CC(C)O)c2=O)c1=O.C=CCn1c(=O)n(CC(C)O)c(=O)n(CC(O)COC(=O)C(C)(C)CC(=O)OC)c1=O. The molecule has 141 heavy (non-hydrogen) atoms. The van der Waals surface area contributed by atoms with Gasteiger partial charge in [0, 0.05) is 36.8 Å². The van der Waals surface area contributed by atoms with E-state index >= 15 is 0 Å². The molecule has 6 aromatic rings. The third kappa shape index (κ3) is 36.1. The van der Waals surface area contributed by atoms with E-state index < -0.39 is 235 Å². The summed E-state index contributed by atoms with van der Waals surface area (Å²) in [6.07, 6.45) is 1.61. The van der Waals surface area contributed by atoms with Gasteiger partial charge in [-0.3, -0.25) is 9.59 Å². The summed E-state index contributed by atoms with van der Waals surface area (Å²) < 4.78 is 52.8. The minimum Gasteiger partial charge on any atom is -0.491 e. The van der Waals surface area contributed by atoms with Crippen molar-refractivity contribution in [3.63, 3.8) is 0 Å². The third-order valence-electron chi connectivity index (χ3n) is 19.8. The first-order valence-corrected chi connectivity index (χ1v) is 43.1. The lowest BCUT2D eigenvalue weighted by Crippen LogP contribution is -2.57. The fourth-order valence-electron chi connectivity index (χ4n) is 12.5. The van der Waals surface area contributed by atoms with Crippen molar-refractivity contribution in [1.82, 2.24) is 54.8 Å². The number of benzene rings is 2. The molecule has 0 amide bonds. The summed E-state index contributed by atoms with van der Waals surface area (Å²) in [6, 6.07) is 11.8. The Kier molecular flexibility index (Phi) is 49.5. The molecule has 0 fully saturated rings. The quantitative estimate of drug-likeness (QED) is 0.00440. The van der Waals surface area contributed by atoms with Crippen LogP contribution in [0, 0.1) is 5.41 Å². The summed E-state index contributed by atoms with van der Waals surface area (Å²) >= 11 is 0. The van der Waals surface area contributed by atoms with Gasteiger partial charge >= 0.3 is 104 Å². The summed E-state index contributed by atoms with van der Waals surface area (Å²) in [5.41, 5.74) is -10.2. The predicted octanol–water partition coefficient (Wildman–Crippen LogP) is -3.92. The zero-order valence-electron chi connectivity index (χ0n) is 79.7. The van der Waals surface area contributed by atoms with Gasteiger partial charge in [0.15, 0.2) is 0 Å². The van der Waals surface area contributed by atoms with Crippen molar-refractivity contribution in [2.75, 3.05) is 60.0 Å². The fourth-order valence-corrected chi connectivity index (χ4v) is 12.5. The van der Waals surface area contributed by atoms with E-state index in [1.165, 1.54) is 59.1 Å².